The Hall–Kier alpha value is -2.08. The molecule has 1 aliphatic rings. The first-order valence-electron chi connectivity index (χ1n) is 7.19. The summed E-state index contributed by atoms with van der Waals surface area (Å²) in [6.07, 6.45) is 3.26. The van der Waals surface area contributed by atoms with Crippen LogP contribution in [0.1, 0.15) is 29.6 Å². The van der Waals surface area contributed by atoms with Gasteiger partial charge in [0, 0.05) is 19.8 Å². The van der Waals surface area contributed by atoms with Gasteiger partial charge >= 0.3 is 11.7 Å². The molecule has 0 atom stereocenters. The fourth-order valence-corrected chi connectivity index (χ4v) is 2.37. The van der Waals surface area contributed by atoms with Crippen molar-refractivity contribution in [2.24, 2.45) is 5.92 Å². The van der Waals surface area contributed by atoms with Gasteiger partial charge in [-0.05, 0) is 43.4 Å². The van der Waals surface area contributed by atoms with Crippen LogP contribution in [0.25, 0.3) is 11.0 Å². The maximum absolute atomic E-state index is 11.9. The molecule has 0 saturated heterocycles. The van der Waals surface area contributed by atoms with E-state index in [0.29, 0.717) is 24.2 Å². The molecule has 0 unspecified atom stereocenters. The van der Waals surface area contributed by atoms with Gasteiger partial charge in [0.25, 0.3) is 0 Å². The number of H-pyrrole nitrogens is 1. The molecule has 0 amide bonds. The van der Waals surface area contributed by atoms with E-state index in [4.69, 9.17) is 9.84 Å². The topological polar surface area (TPSA) is 84.3 Å². The van der Waals surface area contributed by atoms with Crippen LogP contribution in [0.3, 0.4) is 0 Å². The number of aryl methyl sites for hydroxylation is 1. The molecule has 112 valence electrons. The van der Waals surface area contributed by atoms with Crippen LogP contribution in [-0.2, 0) is 11.3 Å². The number of hydrogen-bond acceptors (Lipinski definition) is 3. The largest absolute Gasteiger partial charge is 0.478 e. The molecule has 1 heterocycles. The fourth-order valence-electron chi connectivity index (χ4n) is 2.37. The normalized spacial score (nSPS) is 14.7. The van der Waals surface area contributed by atoms with Crippen molar-refractivity contribution in [2.75, 3.05) is 13.2 Å². The molecule has 0 aliphatic heterocycles. The maximum atomic E-state index is 11.9. The zero-order valence-corrected chi connectivity index (χ0v) is 11.7. The van der Waals surface area contributed by atoms with Crippen LogP contribution in [0.15, 0.2) is 23.0 Å². The van der Waals surface area contributed by atoms with E-state index in [1.165, 1.54) is 25.0 Å². The van der Waals surface area contributed by atoms with E-state index in [-0.39, 0.29) is 11.3 Å². The third-order valence-corrected chi connectivity index (χ3v) is 3.74. The standard InChI is InChI=1S/C15H18N2O4/c18-14(19)11-4-5-12-13(8-11)17(15(20)16-12)6-1-7-21-9-10-2-3-10/h4-5,8,10H,1-3,6-7,9H2,(H,16,20)(H,18,19). The smallest absolute Gasteiger partial charge is 0.335 e. The first-order valence-corrected chi connectivity index (χ1v) is 7.19. The molecule has 21 heavy (non-hydrogen) atoms. The van der Waals surface area contributed by atoms with E-state index in [1.54, 1.807) is 10.6 Å². The minimum atomic E-state index is -0.995. The average Bonchev–Trinajstić information content (AvgIpc) is 3.22. The first kappa shape index (κ1) is 13.9. The lowest BCUT2D eigenvalue weighted by molar-refractivity contribution is 0.0697. The predicted octanol–water partition coefficient (Wildman–Crippen LogP) is 1.84. The van der Waals surface area contributed by atoms with Crippen molar-refractivity contribution in [2.45, 2.75) is 25.8 Å². The number of aromatic nitrogens is 2. The molecule has 1 aromatic heterocycles. The maximum Gasteiger partial charge on any atom is 0.335 e. The fraction of sp³-hybridized carbons (Fsp3) is 0.467. The summed E-state index contributed by atoms with van der Waals surface area (Å²) < 4.78 is 7.12. The van der Waals surface area contributed by atoms with Gasteiger partial charge in [0.2, 0.25) is 0 Å². The van der Waals surface area contributed by atoms with Crippen molar-refractivity contribution < 1.29 is 14.6 Å². The third kappa shape index (κ3) is 3.16. The monoisotopic (exact) mass is 290 g/mol. The van der Waals surface area contributed by atoms with Crippen LogP contribution in [0, 0.1) is 5.92 Å². The lowest BCUT2D eigenvalue weighted by atomic mass is 10.2. The summed E-state index contributed by atoms with van der Waals surface area (Å²) in [5.41, 5.74) is 1.25. The van der Waals surface area contributed by atoms with Gasteiger partial charge in [0.15, 0.2) is 0 Å². The number of benzene rings is 1. The highest BCUT2D eigenvalue weighted by Gasteiger charge is 2.20. The van der Waals surface area contributed by atoms with Crippen LogP contribution < -0.4 is 5.69 Å². The first-order chi connectivity index (χ1) is 10.1. The highest BCUT2D eigenvalue weighted by Crippen LogP contribution is 2.28. The van der Waals surface area contributed by atoms with Gasteiger partial charge in [0.05, 0.1) is 16.6 Å². The number of fused-ring (bicyclic) bond motifs is 1. The van der Waals surface area contributed by atoms with E-state index in [9.17, 15) is 9.59 Å². The number of carboxylic acid groups (broad SMARTS) is 1. The Balaban J connectivity index is 1.70. The minimum absolute atomic E-state index is 0.181. The highest BCUT2D eigenvalue weighted by molar-refractivity contribution is 5.92. The van der Waals surface area contributed by atoms with E-state index in [0.717, 1.165) is 18.9 Å². The molecule has 0 bridgehead atoms. The molecule has 1 saturated carbocycles. The van der Waals surface area contributed by atoms with E-state index in [1.807, 2.05) is 0 Å². The van der Waals surface area contributed by atoms with Crippen LogP contribution in [0.4, 0.5) is 0 Å². The van der Waals surface area contributed by atoms with Crippen molar-refractivity contribution in [3.63, 3.8) is 0 Å². The average molecular weight is 290 g/mol. The lowest BCUT2D eigenvalue weighted by Crippen LogP contribution is -2.18. The zero-order valence-electron chi connectivity index (χ0n) is 11.7. The summed E-state index contributed by atoms with van der Waals surface area (Å²) in [5, 5.41) is 9.03. The number of carboxylic acids is 1. The van der Waals surface area contributed by atoms with Crippen molar-refractivity contribution in [3.8, 4) is 0 Å². The van der Waals surface area contributed by atoms with Gasteiger partial charge < -0.3 is 14.8 Å². The lowest BCUT2D eigenvalue weighted by Gasteiger charge is -2.05. The van der Waals surface area contributed by atoms with Gasteiger partial charge in [-0.25, -0.2) is 9.59 Å². The van der Waals surface area contributed by atoms with Gasteiger partial charge in [-0.1, -0.05) is 0 Å². The van der Waals surface area contributed by atoms with E-state index < -0.39 is 5.97 Å². The number of aromatic carboxylic acids is 1. The number of hydrogen-bond donors (Lipinski definition) is 2. The summed E-state index contributed by atoms with van der Waals surface area (Å²) in [5.74, 6) is -0.260. The number of nitrogens with one attached hydrogen (secondary N) is 1. The Bertz CT molecular complexity index is 712. The SMILES string of the molecule is O=C(O)c1ccc2[nH]c(=O)n(CCCOCC3CC3)c2c1. The molecule has 3 rings (SSSR count). The molecule has 6 nitrogen and oxygen atoms in total. The minimum Gasteiger partial charge on any atom is -0.478 e. The highest BCUT2D eigenvalue weighted by atomic mass is 16.5. The molecule has 1 aromatic carbocycles. The summed E-state index contributed by atoms with van der Waals surface area (Å²) in [6, 6.07) is 4.64. The molecular weight excluding hydrogens is 272 g/mol. The second-order valence-corrected chi connectivity index (χ2v) is 5.49. The summed E-state index contributed by atoms with van der Waals surface area (Å²) in [7, 11) is 0. The molecular formula is C15H18N2O4. The van der Waals surface area contributed by atoms with Crippen molar-refractivity contribution >= 4 is 17.0 Å². The molecule has 0 radical (unpaired) electrons. The molecule has 2 N–H and O–H groups in total. The number of ether oxygens (including phenoxy) is 1. The molecule has 6 heteroatoms. The van der Waals surface area contributed by atoms with Crippen molar-refractivity contribution in [3.05, 3.63) is 34.2 Å². The van der Waals surface area contributed by atoms with Crippen LogP contribution >= 0.6 is 0 Å². The number of rotatable bonds is 7. The quantitative estimate of drug-likeness (QED) is 0.762. The van der Waals surface area contributed by atoms with Crippen molar-refractivity contribution in [1.82, 2.24) is 9.55 Å². The van der Waals surface area contributed by atoms with E-state index in [2.05, 4.69) is 4.98 Å². The second-order valence-electron chi connectivity index (χ2n) is 5.49. The number of imidazole rings is 1. The Morgan fingerprint density at radius 2 is 2.24 bits per heavy atom. The van der Waals surface area contributed by atoms with Crippen LogP contribution in [0.2, 0.25) is 0 Å². The molecule has 1 fully saturated rings. The Kier molecular flexibility index (Phi) is 3.79. The Morgan fingerprint density at radius 3 is 2.95 bits per heavy atom. The Morgan fingerprint density at radius 1 is 1.43 bits per heavy atom. The summed E-state index contributed by atoms with van der Waals surface area (Å²) in [4.78, 5) is 25.7. The van der Waals surface area contributed by atoms with Gasteiger partial charge in [-0.2, -0.15) is 0 Å². The zero-order chi connectivity index (χ0) is 14.8. The van der Waals surface area contributed by atoms with Gasteiger partial charge in [-0.15, -0.1) is 0 Å². The van der Waals surface area contributed by atoms with Gasteiger partial charge in [0.1, 0.15) is 0 Å². The van der Waals surface area contributed by atoms with Crippen molar-refractivity contribution in [1.29, 1.82) is 0 Å². The van der Waals surface area contributed by atoms with Crippen LogP contribution in [-0.4, -0.2) is 33.8 Å². The third-order valence-electron chi connectivity index (χ3n) is 3.74. The summed E-state index contributed by atoms with van der Waals surface area (Å²) >= 11 is 0. The number of nitrogens with zero attached hydrogens (tertiary/aromatic N) is 1. The van der Waals surface area contributed by atoms with Crippen LogP contribution in [0.5, 0.6) is 0 Å². The molecule has 0 spiro atoms. The number of carbonyl (C=O) groups is 1. The predicted molar refractivity (Wildman–Crippen MR) is 77.7 cm³/mol. The molecule has 2 aromatic rings. The molecule has 1 aliphatic carbocycles. The van der Waals surface area contributed by atoms with Gasteiger partial charge in [-0.3, -0.25) is 4.57 Å². The Labute approximate surface area is 121 Å². The number of aromatic amines is 1. The summed E-state index contributed by atoms with van der Waals surface area (Å²) in [6.45, 7) is 1.95. The second kappa shape index (κ2) is 5.73. The van der Waals surface area contributed by atoms with E-state index >= 15 is 0 Å².